The van der Waals surface area contributed by atoms with E-state index >= 15 is 0 Å². The maximum atomic E-state index is 14.0. The van der Waals surface area contributed by atoms with Crippen LogP contribution in [-0.2, 0) is 12.8 Å². The van der Waals surface area contributed by atoms with Gasteiger partial charge in [0.15, 0.2) is 11.5 Å². The molecule has 9 heteroatoms. The molecule has 1 heterocycles. The molecule has 4 aromatic rings. The number of hydrogen-bond donors (Lipinski definition) is 0. The number of methoxy groups -OCH3 is 3. The molecule has 0 radical (unpaired) electrons. The van der Waals surface area contributed by atoms with E-state index < -0.39 is 22.9 Å². The van der Waals surface area contributed by atoms with Gasteiger partial charge in [0.05, 0.1) is 32.3 Å². The third kappa shape index (κ3) is 4.75. The van der Waals surface area contributed by atoms with Crippen molar-refractivity contribution in [3.8, 4) is 34.1 Å². The molecule has 182 valence electrons. The third-order valence-electron chi connectivity index (χ3n) is 5.38. The highest BCUT2D eigenvalue weighted by Crippen LogP contribution is 2.40. The Bertz CT molecular complexity index is 1430. The molecule has 35 heavy (non-hydrogen) atoms. The molecule has 0 unspecified atom stereocenters. The van der Waals surface area contributed by atoms with E-state index in [1.54, 1.807) is 12.1 Å². The van der Waals surface area contributed by atoms with E-state index in [0.29, 0.717) is 11.5 Å². The molecule has 3 aromatic carbocycles. The number of para-hydroxylation sites is 1. The highest BCUT2D eigenvalue weighted by atomic mass is 19.4. The Balaban J connectivity index is 1.80. The fourth-order valence-electron chi connectivity index (χ4n) is 3.70. The summed E-state index contributed by atoms with van der Waals surface area (Å²) in [5, 5.41) is -0.0209. The van der Waals surface area contributed by atoms with Crippen LogP contribution in [0, 0.1) is 0 Å². The van der Waals surface area contributed by atoms with Crippen molar-refractivity contribution in [3.63, 3.8) is 0 Å². The van der Waals surface area contributed by atoms with Crippen LogP contribution in [0.4, 0.5) is 13.2 Å². The Morgan fingerprint density at radius 3 is 2.23 bits per heavy atom. The normalized spacial score (nSPS) is 11.4. The number of hydrogen-bond acceptors (Lipinski definition) is 6. The van der Waals surface area contributed by atoms with Gasteiger partial charge in [0.2, 0.25) is 11.2 Å². The van der Waals surface area contributed by atoms with Crippen molar-refractivity contribution in [1.29, 1.82) is 0 Å². The molecule has 0 aliphatic carbocycles. The average Bonchev–Trinajstić information content (AvgIpc) is 2.86. The van der Waals surface area contributed by atoms with Gasteiger partial charge >= 0.3 is 6.18 Å². The zero-order valence-electron chi connectivity index (χ0n) is 19.1. The first kappa shape index (κ1) is 24.0. The van der Waals surface area contributed by atoms with Crippen molar-refractivity contribution >= 4 is 11.0 Å². The van der Waals surface area contributed by atoms with Crippen molar-refractivity contribution in [3.05, 3.63) is 82.2 Å². The molecular formula is C26H21F3O6. The van der Waals surface area contributed by atoms with Crippen LogP contribution in [0.25, 0.3) is 22.1 Å². The summed E-state index contributed by atoms with van der Waals surface area (Å²) in [4.78, 5) is 13.2. The number of benzene rings is 3. The highest BCUT2D eigenvalue weighted by molar-refractivity contribution is 5.84. The topological polar surface area (TPSA) is 67.1 Å². The Morgan fingerprint density at radius 2 is 1.54 bits per heavy atom. The van der Waals surface area contributed by atoms with Crippen LogP contribution >= 0.6 is 0 Å². The lowest BCUT2D eigenvalue weighted by molar-refractivity contribution is -0.152. The van der Waals surface area contributed by atoms with Crippen molar-refractivity contribution in [2.24, 2.45) is 0 Å². The van der Waals surface area contributed by atoms with Crippen molar-refractivity contribution < 1.29 is 36.5 Å². The number of rotatable bonds is 7. The molecule has 0 spiro atoms. The predicted octanol–water partition coefficient (Wildman–Crippen LogP) is 6.08. The van der Waals surface area contributed by atoms with Gasteiger partial charge in [-0.15, -0.1) is 0 Å². The molecule has 0 saturated carbocycles. The van der Waals surface area contributed by atoms with Crippen LogP contribution in [0.3, 0.4) is 0 Å². The summed E-state index contributed by atoms with van der Waals surface area (Å²) in [6, 6.07) is 15.4. The molecular weight excluding hydrogens is 465 g/mol. The minimum atomic E-state index is -4.93. The molecule has 0 saturated heterocycles. The largest absolute Gasteiger partial charge is 0.496 e. The lowest BCUT2D eigenvalue weighted by Crippen LogP contribution is -2.16. The number of alkyl halides is 3. The Kier molecular flexibility index (Phi) is 6.59. The smallest absolute Gasteiger partial charge is 0.450 e. The number of fused-ring (bicyclic) bond motifs is 1. The fraction of sp³-hybridized carbons (Fsp3) is 0.192. The Morgan fingerprint density at radius 1 is 0.829 bits per heavy atom. The standard InChI is InChI=1S/C26H21F3O6/c1-31-19-7-5-4-6-16(19)14-34-17-9-10-18-21(13-17)35-25(26(27,28)29)23(24(18)30)15-8-11-20(32-2)22(12-15)33-3/h4-13H,14H2,1-3H3. The second-order valence-electron chi connectivity index (χ2n) is 7.46. The zero-order valence-corrected chi connectivity index (χ0v) is 19.1. The molecule has 0 N–H and O–H groups in total. The van der Waals surface area contributed by atoms with Crippen LogP contribution in [0.2, 0.25) is 0 Å². The lowest BCUT2D eigenvalue weighted by Gasteiger charge is -2.15. The van der Waals surface area contributed by atoms with Crippen LogP contribution in [0.15, 0.2) is 69.9 Å². The molecule has 0 fully saturated rings. The molecule has 1 aromatic heterocycles. The summed E-state index contributed by atoms with van der Waals surface area (Å²) in [5.41, 5.74) is -0.960. The van der Waals surface area contributed by atoms with Gasteiger partial charge in [0.1, 0.15) is 23.7 Å². The molecule has 0 aliphatic rings. The average molecular weight is 486 g/mol. The predicted molar refractivity (Wildman–Crippen MR) is 123 cm³/mol. The molecule has 0 atom stereocenters. The van der Waals surface area contributed by atoms with Crippen LogP contribution in [0.1, 0.15) is 11.3 Å². The fourth-order valence-corrected chi connectivity index (χ4v) is 3.70. The minimum Gasteiger partial charge on any atom is -0.496 e. The van der Waals surface area contributed by atoms with Gasteiger partial charge in [-0.3, -0.25) is 4.79 Å². The van der Waals surface area contributed by atoms with E-state index in [4.69, 9.17) is 23.4 Å². The van der Waals surface area contributed by atoms with Crippen LogP contribution < -0.4 is 24.4 Å². The Hall–Kier alpha value is -4.14. The van der Waals surface area contributed by atoms with Crippen molar-refractivity contribution in [1.82, 2.24) is 0 Å². The van der Waals surface area contributed by atoms with E-state index in [1.165, 1.54) is 57.7 Å². The summed E-state index contributed by atoms with van der Waals surface area (Å²) in [5.74, 6) is -0.0779. The van der Waals surface area contributed by atoms with Crippen molar-refractivity contribution in [2.45, 2.75) is 12.8 Å². The van der Waals surface area contributed by atoms with Crippen LogP contribution in [-0.4, -0.2) is 21.3 Å². The first-order valence-electron chi connectivity index (χ1n) is 10.4. The maximum Gasteiger partial charge on any atom is 0.450 e. The third-order valence-corrected chi connectivity index (χ3v) is 5.38. The SMILES string of the molecule is COc1ccccc1COc1ccc2c(=O)c(-c3ccc(OC)c(OC)c3)c(C(F)(F)F)oc2c1. The van der Waals surface area contributed by atoms with Crippen molar-refractivity contribution in [2.75, 3.05) is 21.3 Å². The van der Waals surface area contributed by atoms with Gasteiger partial charge in [-0.05, 0) is 35.9 Å². The summed E-state index contributed by atoms with van der Waals surface area (Å²) in [6.45, 7) is 0.107. The second-order valence-corrected chi connectivity index (χ2v) is 7.46. The molecule has 0 bridgehead atoms. The van der Waals surface area contributed by atoms with E-state index in [9.17, 15) is 18.0 Å². The van der Waals surface area contributed by atoms with Gasteiger partial charge < -0.3 is 23.4 Å². The van der Waals surface area contributed by atoms with E-state index in [0.717, 1.165) is 5.56 Å². The molecule has 0 amide bonds. The van der Waals surface area contributed by atoms with E-state index in [1.807, 2.05) is 12.1 Å². The highest BCUT2D eigenvalue weighted by Gasteiger charge is 2.39. The molecule has 4 rings (SSSR count). The summed E-state index contributed by atoms with van der Waals surface area (Å²) in [6.07, 6.45) is -4.93. The monoisotopic (exact) mass is 486 g/mol. The van der Waals surface area contributed by atoms with Gasteiger partial charge in [-0.1, -0.05) is 24.3 Å². The summed E-state index contributed by atoms with van der Waals surface area (Å²) >= 11 is 0. The minimum absolute atomic E-state index is 0.0119. The second kappa shape index (κ2) is 9.61. The molecule has 0 aliphatic heterocycles. The number of halogens is 3. The first-order chi connectivity index (χ1) is 16.8. The Labute approximate surface area is 198 Å². The van der Waals surface area contributed by atoms with Gasteiger partial charge in [-0.25, -0.2) is 0 Å². The van der Waals surface area contributed by atoms with E-state index in [2.05, 4.69) is 0 Å². The maximum absolute atomic E-state index is 14.0. The summed E-state index contributed by atoms with van der Waals surface area (Å²) < 4.78 is 68.5. The van der Waals surface area contributed by atoms with Gasteiger partial charge in [0.25, 0.3) is 0 Å². The summed E-state index contributed by atoms with van der Waals surface area (Å²) in [7, 11) is 4.27. The quantitative estimate of drug-likeness (QED) is 0.315. The van der Waals surface area contributed by atoms with E-state index in [-0.39, 0.29) is 34.6 Å². The number of ether oxygens (including phenoxy) is 4. The molecule has 6 nitrogen and oxygen atoms in total. The first-order valence-corrected chi connectivity index (χ1v) is 10.4. The van der Waals surface area contributed by atoms with Gasteiger partial charge in [-0.2, -0.15) is 13.2 Å². The van der Waals surface area contributed by atoms with Gasteiger partial charge in [0, 0.05) is 11.6 Å². The zero-order chi connectivity index (χ0) is 25.2. The van der Waals surface area contributed by atoms with Crippen LogP contribution in [0.5, 0.6) is 23.0 Å². The lowest BCUT2D eigenvalue weighted by atomic mass is 10.0.